The van der Waals surface area contributed by atoms with Crippen molar-refractivity contribution in [3.05, 3.63) is 5.01 Å². The van der Waals surface area contributed by atoms with Crippen LogP contribution < -0.4 is 11.3 Å². The van der Waals surface area contributed by atoms with Crippen LogP contribution in [0.5, 0.6) is 0 Å². The van der Waals surface area contributed by atoms with Crippen LogP contribution in [0, 0.1) is 0 Å². The third-order valence-electron chi connectivity index (χ3n) is 2.79. The number of rotatable bonds is 7. The predicted molar refractivity (Wildman–Crippen MR) is 66.1 cm³/mol. The molecule has 3 N–H and O–H groups in total. The molecule has 0 aromatic carbocycles. The molecule has 1 aliphatic carbocycles. The summed E-state index contributed by atoms with van der Waals surface area (Å²) in [6.07, 6.45) is 5.18. The van der Waals surface area contributed by atoms with E-state index < -0.39 is 0 Å². The summed E-state index contributed by atoms with van der Waals surface area (Å²) in [4.78, 5) is 2.52. The first-order valence-corrected chi connectivity index (χ1v) is 6.68. The van der Waals surface area contributed by atoms with Crippen molar-refractivity contribution in [2.45, 2.75) is 45.2 Å². The molecule has 0 radical (unpaired) electrons. The lowest BCUT2D eigenvalue weighted by Gasteiger charge is -2.19. The molecule has 2 rings (SSSR count). The maximum atomic E-state index is 5.29. The molecule has 5 nitrogen and oxygen atoms in total. The normalized spacial score (nSPS) is 15.7. The second kappa shape index (κ2) is 5.56. The third kappa shape index (κ3) is 3.13. The Kier molecular flexibility index (Phi) is 4.09. The molecule has 0 atom stereocenters. The predicted octanol–water partition coefficient (Wildman–Crippen LogP) is 1.59. The number of nitrogen functional groups attached to an aromatic ring is 1. The molecule has 0 amide bonds. The van der Waals surface area contributed by atoms with Crippen molar-refractivity contribution < 1.29 is 0 Å². The zero-order valence-electron chi connectivity index (χ0n) is 9.65. The molecule has 1 saturated carbocycles. The van der Waals surface area contributed by atoms with E-state index in [9.17, 15) is 0 Å². The summed E-state index contributed by atoms with van der Waals surface area (Å²) in [7, 11) is 0. The Labute approximate surface area is 100 Å². The van der Waals surface area contributed by atoms with E-state index in [0.717, 1.165) is 17.6 Å². The number of hydrazine groups is 1. The molecular formula is C10H19N5S. The van der Waals surface area contributed by atoms with Crippen LogP contribution in [0.4, 0.5) is 5.13 Å². The molecule has 1 heterocycles. The Morgan fingerprint density at radius 2 is 2.31 bits per heavy atom. The van der Waals surface area contributed by atoms with Crippen molar-refractivity contribution in [1.82, 2.24) is 15.1 Å². The van der Waals surface area contributed by atoms with Gasteiger partial charge in [0.05, 0.1) is 6.54 Å². The van der Waals surface area contributed by atoms with Crippen molar-refractivity contribution >= 4 is 16.5 Å². The quantitative estimate of drug-likeness (QED) is 0.560. The average molecular weight is 241 g/mol. The van der Waals surface area contributed by atoms with Gasteiger partial charge in [-0.05, 0) is 25.8 Å². The van der Waals surface area contributed by atoms with Gasteiger partial charge < -0.3 is 0 Å². The lowest BCUT2D eigenvalue weighted by molar-refractivity contribution is 0.250. The molecule has 6 heteroatoms. The van der Waals surface area contributed by atoms with Crippen LogP contribution in [0.2, 0.25) is 0 Å². The molecule has 0 aliphatic heterocycles. The van der Waals surface area contributed by atoms with E-state index in [0.29, 0.717) is 5.13 Å². The Morgan fingerprint density at radius 1 is 1.50 bits per heavy atom. The second-order valence-electron chi connectivity index (χ2n) is 4.20. The van der Waals surface area contributed by atoms with E-state index in [2.05, 4.69) is 27.4 Å². The van der Waals surface area contributed by atoms with E-state index in [4.69, 9.17) is 5.84 Å². The van der Waals surface area contributed by atoms with Gasteiger partial charge in [-0.3, -0.25) is 10.3 Å². The van der Waals surface area contributed by atoms with Gasteiger partial charge in [0.15, 0.2) is 0 Å². The van der Waals surface area contributed by atoms with Crippen LogP contribution in [-0.2, 0) is 6.54 Å². The molecule has 1 aromatic rings. The highest BCUT2D eigenvalue weighted by atomic mass is 32.1. The van der Waals surface area contributed by atoms with Gasteiger partial charge in [0.25, 0.3) is 0 Å². The number of anilines is 1. The molecule has 0 unspecified atom stereocenters. The number of hydrogen-bond acceptors (Lipinski definition) is 6. The third-order valence-corrected chi connectivity index (χ3v) is 3.63. The lowest BCUT2D eigenvalue weighted by Crippen LogP contribution is -2.26. The number of hydrogen-bond donors (Lipinski definition) is 2. The molecule has 1 aromatic heterocycles. The molecule has 0 bridgehead atoms. The fourth-order valence-corrected chi connectivity index (χ4v) is 2.42. The van der Waals surface area contributed by atoms with E-state index in [1.807, 2.05) is 0 Å². The number of unbranched alkanes of at least 4 members (excludes halogenated alkanes) is 1. The molecule has 1 fully saturated rings. The maximum Gasteiger partial charge on any atom is 0.219 e. The molecule has 1 aliphatic rings. The molecular weight excluding hydrogens is 222 g/mol. The number of nitrogens with one attached hydrogen (secondary N) is 1. The summed E-state index contributed by atoms with van der Waals surface area (Å²) in [5, 5.41) is 9.83. The SMILES string of the molecule is CCCCN(Cc1nnc(NN)s1)C1CC1. The Hall–Kier alpha value is -0.720. The van der Waals surface area contributed by atoms with Gasteiger partial charge in [-0.15, -0.1) is 10.2 Å². The van der Waals surface area contributed by atoms with Crippen molar-refractivity contribution in [3.63, 3.8) is 0 Å². The highest BCUT2D eigenvalue weighted by molar-refractivity contribution is 7.15. The lowest BCUT2D eigenvalue weighted by atomic mass is 10.3. The smallest absolute Gasteiger partial charge is 0.219 e. The van der Waals surface area contributed by atoms with Gasteiger partial charge in [0, 0.05) is 6.04 Å². The molecule has 0 saturated heterocycles. The first-order chi connectivity index (χ1) is 7.83. The summed E-state index contributed by atoms with van der Waals surface area (Å²) >= 11 is 1.54. The maximum absolute atomic E-state index is 5.29. The minimum Gasteiger partial charge on any atom is -0.298 e. The van der Waals surface area contributed by atoms with Gasteiger partial charge in [-0.2, -0.15) is 0 Å². The monoisotopic (exact) mass is 241 g/mol. The van der Waals surface area contributed by atoms with Crippen molar-refractivity contribution in [3.8, 4) is 0 Å². The molecule has 16 heavy (non-hydrogen) atoms. The number of nitrogens with two attached hydrogens (primary N) is 1. The summed E-state index contributed by atoms with van der Waals surface area (Å²) < 4.78 is 0. The summed E-state index contributed by atoms with van der Waals surface area (Å²) in [5.41, 5.74) is 2.54. The Morgan fingerprint density at radius 3 is 2.88 bits per heavy atom. The van der Waals surface area contributed by atoms with Crippen molar-refractivity contribution in [2.24, 2.45) is 5.84 Å². The number of nitrogens with zero attached hydrogens (tertiary/aromatic N) is 3. The first kappa shape index (κ1) is 11.8. The van der Waals surface area contributed by atoms with E-state index in [1.54, 1.807) is 0 Å². The topological polar surface area (TPSA) is 67.1 Å². The highest BCUT2D eigenvalue weighted by Crippen LogP contribution is 2.29. The minimum absolute atomic E-state index is 0.696. The van der Waals surface area contributed by atoms with Crippen LogP contribution in [0.3, 0.4) is 0 Å². The molecule has 0 spiro atoms. The first-order valence-electron chi connectivity index (χ1n) is 5.86. The van der Waals surface area contributed by atoms with Crippen LogP contribution >= 0.6 is 11.3 Å². The largest absolute Gasteiger partial charge is 0.298 e. The second-order valence-corrected chi connectivity index (χ2v) is 5.26. The minimum atomic E-state index is 0.696. The van der Waals surface area contributed by atoms with Crippen LogP contribution in [0.15, 0.2) is 0 Å². The van der Waals surface area contributed by atoms with Crippen LogP contribution in [-0.4, -0.2) is 27.7 Å². The van der Waals surface area contributed by atoms with Crippen LogP contribution in [0.1, 0.15) is 37.6 Å². The van der Waals surface area contributed by atoms with Gasteiger partial charge in [-0.25, -0.2) is 5.84 Å². The summed E-state index contributed by atoms with van der Waals surface area (Å²) in [6.45, 7) is 4.32. The summed E-state index contributed by atoms with van der Waals surface area (Å²) in [6, 6.07) is 0.782. The van der Waals surface area contributed by atoms with E-state index in [1.165, 1.54) is 43.6 Å². The van der Waals surface area contributed by atoms with Gasteiger partial charge in [0.1, 0.15) is 5.01 Å². The van der Waals surface area contributed by atoms with Gasteiger partial charge >= 0.3 is 0 Å². The van der Waals surface area contributed by atoms with Gasteiger partial charge in [-0.1, -0.05) is 24.7 Å². The van der Waals surface area contributed by atoms with Crippen LogP contribution in [0.25, 0.3) is 0 Å². The number of aromatic nitrogens is 2. The van der Waals surface area contributed by atoms with E-state index >= 15 is 0 Å². The standard InChI is InChI=1S/C10H19N5S/c1-2-3-6-15(8-4-5-8)7-9-13-14-10(12-11)16-9/h8H,2-7,11H2,1H3,(H,12,14). The van der Waals surface area contributed by atoms with Crippen molar-refractivity contribution in [1.29, 1.82) is 0 Å². The fourth-order valence-electron chi connectivity index (χ4n) is 1.74. The zero-order valence-corrected chi connectivity index (χ0v) is 10.5. The zero-order chi connectivity index (χ0) is 11.4. The Balaban J connectivity index is 1.88. The van der Waals surface area contributed by atoms with E-state index in [-0.39, 0.29) is 0 Å². The Bertz CT molecular complexity index is 323. The average Bonchev–Trinajstić information content (AvgIpc) is 3.05. The van der Waals surface area contributed by atoms with Crippen molar-refractivity contribution in [2.75, 3.05) is 12.0 Å². The fraction of sp³-hybridized carbons (Fsp3) is 0.800. The highest BCUT2D eigenvalue weighted by Gasteiger charge is 2.29. The summed E-state index contributed by atoms with van der Waals surface area (Å²) in [5.74, 6) is 5.29. The van der Waals surface area contributed by atoms with Gasteiger partial charge in [0.2, 0.25) is 5.13 Å². The molecule has 90 valence electrons.